The average Bonchev–Trinajstić information content (AvgIpc) is 1.97. The third-order valence-electron chi connectivity index (χ3n) is 1.11. The van der Waals surface area contributed by atoms with Gasteiger partial charge in [-0.2, -0.15) is 4.99 Å². The Hall–Kier alpha value is -1.50. The molecule has 0 heterocycles. The SMILES string of the molecule is C=C(C)C(CN=C=O)N=C=O. The Morgan fingerprint density at radius 1 is 1.55 bits per heavy atom. The summed E-state index contributed by atoms with van der Waals surface area (Å²) in [6.07, 6.45) is 2.74. The van der Waals surface area contributed by atoms with E-state index in [4.69, 9.17) is 0 Å². The van der Waals surface area contributed by atoms with E-state index in [1.54, 1.807) is 6.92 Å². The van der Waals surface area contributed by atoms with E-state index in [1.807, 2.05) is 0 Å². The van der Waals surface area contributed by atoms with Crippen molar-refractivity contribution in [2.45, 2.75) is 13.0 Å². The summed E-state index contributed by atoms with van der Waals surface area (Å²) in [5, 5.41) is 0. The highest BCUT2D eigenvalue weighted by Gasteiger charge is 2.05. The van der Waals surface area contributed by atoms with Crippen LogP contribution in [0, 0.1) is 0 Å². The Labute approximate surface area is 64.4 Å². The third-order valence-corrected chi connectivity index (χ3v) is 1.11. The van der Waals surface area contributed by atoms with Gasteiger partial charge in [0.05, 0.1) is 6.54 Å². The van der Waals surface area contributed by atoms with Crippen LogP contribution in [0.3, 0.4) is 0 Å². The van der Waals surface area contributed by atoms with E-state index >= 15 is 0 Å². The highest BCUT2D eigenvalue weighted by atomic mass is 16.1. The third kappa shape index (κ3) is 3.98. The van der Waals surface area contributed by atoms with Crippen molar-refractivity contribution in [2.75, 3.05) is 6.54 Å². The fourth-order valence-corrected chi connectivity index (χ4v) is 0.494. The van der Waals surface area contributed by atoms with E-state index in [0.717, 1.165) is 0 Å². The minimum absolute atomic E-state index is 0.119. The van der Waals surface area contributed by atoms with Gasteiger partial charge in [0.15, 0.2) is 0 Å². The summed E-state index contributed by atoms with van der Waals surface area (Å²) in [5.74, 6) is 0. The van der Waals surface area contributed by atoms with Gasteiger partial charge in [-0.1, -0.05) is 12.2 Å². The lowest BCUT2D eigenvalue weighted by Crippen LogP contribution is -2.08. The monoisotopic (exact) mass is 152 g/mol. The van der Waals surface area contributed by atoms with Crippen LogP contribution >= 0.6 is 0 Å². The number of hydrogen-bond acceptors (Lipinski definition) is 4. The Balaban J connectivity index is 4.21. The molecule has 0 N–H and O–H groups in total. The smallest absolute Gasteiger partial charge is 0.211 e. The topological polar surface area (TPSA) is 58.9 Å². The van der Waals surface area contributed by atoms with Crippen LogP contribution in [0.1, 0.15) is 6.92 Å². The van der Waals surface area contributed by atoms with Crippen LogP contribution in [-0.4, -0.2) is 24.7 Å². The van der Waals surface area contributed by atoms with Crippen molar-refractivity contribution < 1.29 is 9.59 Å². The van der Waals surface area contributed by atoms with Crippen molar-refractivity contribution in [3.05, 3.63) is 12.2 Å². The first-order valence-corrected chi connectivity index (χ1v) is 2.98. The molecule has 0 radical (unpaired) electrons. The molecule has 0 aromatic rings. The molecule has 58 valence electrons. The zero-order valence-electron chi connectivity index (χ0n) is 6.20. The second-order valence-corrected chi connectivity index (χ2v) is 2.01. The summed E-state index contributed by atoms with van der Waals surface area (Å²) >= 11 is 0. The fourth-order valence-electron chi connectivity index (χ4n) is 0.494. The maximum absolute atomic E-state index is 9.81. The van der Waals surface area contributed by atoms with Crippen LogP contribution in [0.15, 0.2) is 22.1 Å². The molecule has 0 aliphatic heterocycles. The molecule has 0 aliphatic carbocycles. The first-order chi connectivity index (χ1) is 5.22. The quantitative estimate of drug-likeness (QED) is 0.336. The molecule has 1 unspecified atom stereocenters. The van der Waals surface area contributed by atoms with E-state index in [0.29, 0.717) is 5.57 Å². The molecule has 0 rings (SSSR count). The van der Waals surface area contributed by atoms with Crippen molar-refractivity contribution in [1.82, 2.24) is 0 Å². The van der Waals surface area contributed by atoms with Crippen LogP contribution in [-0.2, 0) is 9.59 Å². The molecule has 0 saturated heterocycles. The number of rotatable bonds is 4. The lowest BCUT2D eigenvalue weighted by Gasteiger charge is -2.03. The molecule has 0 amide bonds. The van der Waals surface area contributed by atoms with Crippen molar-refractivity contribution >= 4 is 12.2 Å². The first kappa shape index (κ1) is 9.50. The van der Waals surface area contributed by atoms with E-state index < -0.39 is 6.04 Å². The Kier molecular flexibility index (Phi) is 4.58. The minimum Gasteiger partial charge on any atom is -0.211 e. The van der Waals surface area contributed by atoms with Crippen LogP contribution < -0.4 is 0 Å². The van der Waals surface area contributed by atoms with Crippen molar-refractivity contribution in [3.63, 3.8) is 0 Å². The number of carbonyl (C=O) groups excluding carboxylic acids is 2. The molecular weight excluding hydrogens is 144 g/mol. The van der Waals surface area contributed by atoms with Gasteiger partial charge < -0.3 is 0 Å². The van der Waals surface area contributed by atoms with Gasteiger partial charge in [0, 0.05) is 0 Å². The Morgan fingerprint density at radius 2 is 2.18 bits per heavy atom. The first-order valence-electron chi connectivity index (χ1n) is 2.98. The van der Waals surface area contributed by atoms with Crippen molar-refractivity contribution in [2.24, 2.45) is 9.98 Å². The lowest BCUT2D eigenvalue weighted by molar-refractivity contribution is 0.556. The molecule has 0 spiro atoms. The van der Waals surface area contributed by atoms with Gasteiger partial charge in [0.25, 0.3) is 0 Å². The predicted octanol–water partition coefficient (Wildman–Crippen LogP) is 0.603. The molecule has 0 saturated carbocycles. The van der Waals surface area contributed by atoms with Crippen molar-refractivity contribution in [3.8, 4) is 0 Å². The maximum Gasteiger partial charge on any atom is 0.235 e. The normalized spacial score (nSPS) is 10.6. The summed E-state index contributed by atoms with van der Waals surface area (Å²) < 4.78 is 0. The lowest BCUT2D eigenvalue weighted by atomic mass is 10.2. The van der Waals surface area contributed by atoms with Gasteiger partial charge in [-0.3, -0.25) is 0 Å². The summed E-state index contributed by atoms with van der Waals surface area (Å²) in [6, 6.07) is -0.436. The van der Waals surface area contributed by atoms with Crippen LogP contribution in [0.2, 0.25) is 0 Å². The minimum atomic E-state index is -0.436. The van der Waals surface area contributed by atoms with Crippen molar-refractivity contribution in [1.29, 1.82) is 0 Å². The molecule has 0 aromatic carbocycles. The van der Waals surface area contributed by atoms with E-state index in [9.17, 15) is 9.59 Å². The zero-order valence-corrected chi connectivity index (χ0v) is 6.20. The highest BCUT2D eigenvalue weighted by molar-refractivity contribution is 5.36. The van der Waals surface area contributed by atoms with Crippen LogP contribution in [0.25, 0.3) is 0 Å². The number of aliphatic imine (C=N–C) groups is 2. The standard InChI is InChI=1S/C7H8N2O2/c1-6(2)7(9-5-11)3-8-4-10/h7H,1,3H2,2H3. The summed E-state index contributed by atoms with van der Waals surface area (Å²) in [7, 11) is 0. The molecule has 4 nitrogen and oxygen atoms in total. The van der Waals surface area contributed by atoms with E-state index in [2.05, 4.69) is 16.6 Å². The van der Waals surface area contributed by atoms with Gasteiger partial charge in [-0.25, -0.2) is 14.6 Å². The maximum atomic E-state index is 9.81. The Morgan fingerprint density at radius 3 is 2.55 bits per heavy atom. The summed E-state index contributed by atoms with van der Waals surface area (Å²) in [6.45, 7) is 5.38. The zero-order chi connectivity index (χ0) is 8.69. The van der Waals surface area contributed by atoms with Crippen LogP contribution in [0.5, 0.6) is 0 Å². The molecule has 0 aromatic heterocycles. The van der Waals surface area contributed by atoms with Gasteiger partial charge >= 0.3 is 0 Å². The van der Waals surface area contributed by atoms with Gasteiger partial charge in [0.2, 0.25) is 12.2 Å². The Bertz CT molecular complexity index is 233. The largest absolute Gasteiger partial charge is 0.235 e. The fraction of sp³-hybridized carbons (Fsp3) is 0.429. The predicted molar refractivity (Wildman–Crippen MR) is 39.7 cm³/mol. The van der Waals surface area contributed by atoms with Gasteiger partial charge in [0.1, 0.15) is 6.04 Å². The van der Waals surface area contributed by atoms with Gasteiger partial charge in [-0.05, 0) is 6.92 Å². The highest BCUT2D eigenvalue weighted by Crippen LogP contribution is 2.01. The second kappa shape index (κ2) is 5.30. The molecule has 0 bridgehead atoms. The number of nitrogens with zero attached hydrogens (tertiary/aromatic N) is 2. The summed E-state index contributed by atoms with van der Waals surface area (Å²) in [4.78, 5) is 26.1. The molecule has 0 fully saturated rings. The van der Waals surface area contributed by atoms with E-state index in [-0.39, 0.29) is 6.54 Å². The summed E-state index contributed by atoms with van der Waals surface area (Å²) in [5.41, 5.74) is 0.673. The second-order valence-electron chi connectivity index (χ2n) is 2.01. The molecule has 0 aliphatic rings. The number of isocyanates is 2. The molecule has 1 atom stereocenters. The molecular formula is C7H8N2O2. The van der Waals surface area contributed by atoms with Gasteiger partial charge in [-0.15, -0.1) is 0 Å². The van der Waals surface area contributed by atoms with Crippen LogP contribution in [0.4, 0.5) is 0 Å². The molecule has 4 heteroatoms. The number of hydrogen-bond donors (Lipinski definition) is 0. The van der Waals surface area contributed by atoms with E-state index in [1.165, 1.54) is 12.2 Å². The average molecular weight is 152 g/mol. The molecule has 11 heavy (non-hydrogen) atoms.